The third kappa shape index (κ3) is 1.78. The van der Waals surface area contributed by atoms with Crippen LogP contribution < -0.4 is 5.32 Å². The topological polar surface area (TPSA) is 54.9 Å². The number of rotatable bonds is 0. The molecule has 19 heavy (non-hydrogen) atoms. The highest BCUT2D eigenvalue weighted by Crippen LogP contribution is 2.38. The van der Waals surface area contributed by atoms with Crippen LogP contribution in [0.25, 0.3) is 11.1 Å². The lowest BCUT2D eigenvalue weighted by Crippen LogP contribution is -2.17. The molecule has 0 saturated heterocycles. The molecule has 0 saturated carbocycles. The Kier molecular flexibility index (Phi) is 2.55. The fourth-order valence-electron chi connectivity index (χ4n) is 2.36. The Balaban J connectivity index is 2.38. The predicted molar refractivity (Wildman–Crippen MR) is 69.2 cm³/mol. The normalized spacial score (nSPS) is 17.2. The number of aromatic nitrogens is 2. The average Bonchev–Trinajstić information content (AvgIpc) is 2.46. The Morgan fingerprint density at radius 1 is 1.42 bits per heavy atom. The SMILES string of the molecule is Cc1cc2c(c(F)n1)-c1cnccc1C(C)C(=O)N2. The number of carbonyl (C=O) groups excluding carboxylic acids is 1. The Morgan fingerprint density at radius 2 is 2.21 bits per heavy atom. The van der Waals surface area contributed by atoms with Crippen molar-refractivity contribution in [3.8, 4) is 11.1 Å². The smallest absolute Gasteiger partial charge is 0.231 e. The first-order chi connectivity index (χ1) is 9.08. The maximum absolute atomic E-state index is 14.2. The van der Waals surface area contributed by atoms with E-state index < -0.39 is 5.95 Å². The summed E-state index contributed by atoms with van der Waals surface area (Å²) in [5.74, 6) is -1.10. The van der Waals surface area contributed by atoms with Crippen molar-refractivity contribution in [2.75, 3.05) is 5.32 Å². The van der Waals surface area contributed by atoms with Gasteiger partial charge in [0.25, 0.3) is 0 Å². The van der Waals surface area contributed by atoms with Crippen LogP contribution in [0.1, 0.15) is 24.1 Å². The molecular weight excluding hydrogens is 245 g/mol. The predicted octanol–water partition coefficient (Wildman–Crippen LogP) is 2.65. The highest BCUT2D eigenvalue weighted by Gasteiger charge is 2.27. The third-order valence-electron chi connectivity index (χ3n) is 3.35. The van der Waals surface area contributed by atoms with E-state index in [4.69, 9.17) is 0 Å². The van der Waals surface area contributed by atoms with E-state index in [0.717, 1.165) is 5.56 Å². The van der Waals surface area contributed by atoms with E-state index in [1.54, 1.807) is 38.4 Å². The monoisotopic (exact) mass is 257 g/mol. The second-order valence-corrected chi connectivity index (χ2v) is 4.65. The number of pyridine rings is 2. The summed E-state index contributed by atoms with van der Waals surface area (Å²) in [6.45, 7) is 3.48. The number of aryl methyl sites for hydroxylation is 1. The van der Waals surface area contributed by atoms with Crippen molar-refractivity contribution >= 4 is 11.6 Å². The highest BCUT2D eigenvalue weighted by atomic mass is 19.1. The number of halogens is 1. The number of amides is 1. The van der Waals surface area contributed by atoms with Gasteiger partial charge in [0.2, 0.25) is 11.9 Å². The summed E-state index contributed by atoms with van der Waals surface area (Å²) >= 11 is 0. The number of carbonyl (C=O) groups is 1. The molecule has 1 N–H and O–H groups in total. The van der Waals surface area contributed by atoms with Crippen LogP contribution in [0.15, 0.2) is 24.5 Å². The van der Waals surface area contributed by atoms with E-state index in [1.807, 2.05) is 0 Å². The summed E-state index contributed by atoms with van der Waals surface area (Å²) in [5.41, 5.74) is 2.67. The van der Waals surface area contributed by atoms with Crippen LogP contribution in [0.2, 0.25) is 0 Å². The van der Waals surface area contributed by atoms with E-state index in [1.165, 1.54) is 0 Å². The zero-order valence-corrected chi connectivity index (χ0v) is 10.6. The number of fused-ring (bicyclic) bond motifs is 3. The molecule has 0 radical (unpaired) electrons. The molecule has 1 amide bonds. The number of nitrogens with zero attached hydrogens (tertiary/aromatic N) is 2. The second-order valence-electron chi connectivity index (χ2n) is 4.65. The van der Waals surface area contributed by atoms with E-state index >= 15 is 0 Å². The molecule has 1 aliphatic rings. The van der Waals surface area contributed by atoms with Gasteiger partial charge in [-0.25, -0.2) is 4.98 Å². The zero-order chi connectivity index (χ0) is 13.6. The van der Waals surface area contributed by atoms with Gasteiger partial charge in [-0.15, -0.1) is 0 Å². The van der Waals surface area contributed by atoms with Gasteiger partial charge in [0.1, 0.15) is 0 Å². The minimum atomic E-state index is -0.585. The van der Waals surface area contributed by atoms with Crippen LogP contribution >= 0.6 is 0 Å². The highest BCUT2D eigenvalue weighted by molar-refractivity contribution is 6.03. The van der Waals surface area contributed by atoms with Gasteiger partial charge in [-0.3, -0.25) is 9.78 Å². The number of anilines is 1. The minimum absolute atomic E-state index is 0.156. The Morgan fingerprint density at radius 3 is 3.00 bits per heavy atom. The van der Waals surface area contributed by atoms with Crippen LogP contribution in [-0.4, -0.2) is 15.9 Å². The van der Waals surface area contributed by atoms with Crippen LogP contribution in [0.5, 0.6) is 0 Å². The van der Waals surface area contributed by atoms with Crippen LogP contribution in [0, 0.1) is 12.9 Å². The standard InChI is InChI=1S/C14H12FN3O/c1-7-5-11-12(13(15)17-7)10-6-16-4-3-9(10)8(2)14(19)18-11/h3-6,8H,1-2H3,(H,18,19). The van der Waals surface area contributed by atoms with Gasteiger partial charge >= 0.3 is 0 Å². The van der Waals surface area contributed by atoms with Gasteiger partial charge in [0.05, 0.1) is 17.2 Å². The van der Waals surface area contributed by atoms with Gasteiger partial charge in [-0.1, -0.05) is 0 Å². The second kappa shape index (κ2) is 4.12. The lowest BCUT2D eigenvalue weighted by molar-refractivity contribution is -0.117. The lowest BCUT2D eigenvalue weighted by atomic mass is 9.94. The van der Waals surface area contributed by atoms with E-state index in [0.29, 0.717) is 22.5 Å². The molecule has 5 heteroatoms. The molecule has 0 aromatic carbocycles. The van der Waals surface area contributed by atoms with Crippen molar-refractivity contribution in [1.29, 1.82) is 0 Å². The maximum atomic E-state index is 14.2. The van der Waals surface area contributed by atoms with Gasteiger partial charge in [0, 0.05) is 23.7 Å². The molecule has 0 fully saturated rings. The molecule has 0 aliphatic carbocycles. The zero-order valence-electron chi connectivity index (χ0n) is 10.6. The molecule has 96 valence electrons. The largest absolute Gasteiger partial charge is 0.325 e. The summed E-state index contributed by atoms with van der Waals surface area (Å²) < 4.78 is 14.2. The first-order valence-corrected chi connectivity index (χ1v) is 6.00. The summed E-state index contributed by atoms with van der Waals surface area (Å²) in [5, 5.41) is 2.75. The summed E-state index contributed by atoms with van der Waals surface area (Å²) in [4.78, 5) is 19.9. The average molecular weight is 257 g/mol. The summed E-state index contributed by atoms with van der Waals surface area (Å²) in [6.07, 6.45) is 3.18. The van der Waals surface area contributed by atoms with Crippen molar-refractivity contribution < 1.29 is 9.18 Å². The first kappa shape index (κ1) is 11.8. The Labute approximate surface area is 109 Å². The fourth-order valence-corrected chi connectivity index (χ4v) is 2.36. The number of nitrogens with one attached hydrogen (secondary N) is 1. The molecule has 2 aromatic heterocycles. The van der Waals surface area contributed by atoms with Crippen LogP contribution in [0.4, 0.5) is 10.1 Å². The van der Waals surface area contributed by atoms with Crippen molar-refractivity contribution in [3.05, 3.63) is 41.7 Å². The first-order valence-electron chi connectivity index (χ1n) is 6.00. The van der Waals surface area contributed by atoms with Crippen molar-refractivity contribution in [1.82, 2.24) is 9.97 Å². The molecule has 1 aliphatic heterocycles. The minimum Gasteiger partial charge on any atom is -0.325 e. The molecule has 3 heterocycles. The van der Waals surface area contributed by atoms with E-state index in [9.17, 15) is 9.18 Å². The molecule has 1 unspecified atom stereocenters. The third-order valence-corrected chi connectivity index (χ3v) is 3.35. The summed E-state index contributed by atoms with van der Waals surface area (Å²) in [7, 11) is 0. The van der Waals surface area contributed by atoms with Crippen LogP contribution in [0.3, 0.4) is 0 Å². The molecule has 0 bridgehead atoms. The van der Waals surface area contributed by atoms with E-state index in [2.05, 4.69) is 15.3 Å². The van der Waals surface area contributed by atoms with Crippen LogP contribution in [-0.2, 0) is 4.79 Å². The lowest BCUT2D eigenvalue weighted by Gasteiger charge is -2.10. The van der Waals surface area contributed by atoms with Crippen molar-refractivity contribution in [3.63, 3.8) is 0 Å². The van der Waals surface area contributed by atoms with Gasteiger partial charge in [0.15, 0.2) is 0 Å². The summed E-state index contributed by atoms with van der Waals surface area (Å²) in [6, 6.07) is 3.42. The van der Waals surface area contributed by atoms with Gasteiger partial charge in [-0.2, -0.15) is 4.39 Å². The molecular formula is C14H12FN3O. The molecule has 3 rings (SSSR count). The van der Waals surface area contributed by atoms with Gasteiger partial charge in [-0.05, 0) is 31.5 Å². The fraction of sp³-hybridized carbons (Fsp3) is 0.214. The van der Waals surface area contributed by atoms with Crippen molar-refractivity contribution in [2.45, 2.75) is 19.8 Å². The molecule has 0 spiro atoms. The van der Waals surface area contributed by atoms with Crippen molar-refractivity contribution in [2.24, 2.45) is 0 Å². The Bertz CT molecular complexity index is 684. The van der Waals surface area contributed by atoms with E-state index in [-0.39, 0.29) is 11.8 Å². The quantitative estimate of drug-likeness (QED) is 0.738. The molecule has 4 nitrogen and oxygen atoms in total. The number of hydrogen-bond donors (Lipinski definition) is 1. The maximum Gasteiger partial charge on any atom is 0.231 e. The number of hydrogen-bond acceptors (Lipinski definition) is 3. The molecule has 2 aromatic rings. The molecule has 1 atom stereocenters. The Hall–Kier alpha value is -2.30. The van der Waals surface area contributed by atoms with Gasteiger partial charge < -0.3 is 5.32 Å².